The van der Waals surface area contributed by atoms with Crippen molar-refractivity contribution < 1.29 is 19.1 Å². The van der Waals surface area contributed by atoms with Gasteiger partial charge >= 0.3 is 5.97 Å². The van der Waals surface area contributed by atoms with Gasteiger partial charge in [0.1, 0.15) is 12.4 Å². The lowest BCUT2D eigenvalue weighted by Gasteiger charge is -2.36. The Morgan fingerprint density at radius 1 is 1.21 bits per heavy atom. The molecular weight excluding hydrogens is 454 g/mol. The van der Waals surface area contributed by atoms with E-state index < -0.39 is 5.92 Å². The van der Waals surface area contributed by atoms with Crippen LogP contribution in [0.25, 0.3) is 0 Å². The molecule has 2 heterocycles. The van der Waals surface area contributed by atoms with Crippen molar-refractivity contribution in [2.75, 3.05) is 25.2 Å². The van der Waals surface area contributed by atoms with Crippen molar-refractivity contribution in [1.82, 2.24) is 5.32 Å². The molecule has 1 aliphatic carbocycles. The summed E-state index contributed by atoms with van der Waals surface area (Å²) >= 11 is 3.30. The quantitative estimate of drug-likeness (QED) is 0.400. The molecule has 2 atom stereocenters. The minimum absolute atomic E-state index is 0.0243. The Balaban J connectivity index is 1.68. The van der Waals surface area contributed by atoms with Crippen LogP contribution in [0, 0.1) is 0 Å². The number of para-hydroxylation sites is 1. The number of methoxy groups -OCH3 is 1. The Morgan fingerprint density at radius 2 is 2.03 bits per heavy atom. The number of carbonyl (C=O) groups excluding carboxylic acids is 2. The lowest BCUT2D eigenvalue weighted by Crippen LogP contribution is -2.36. The van der Waals surface area contributed by atoms with E-state index in [9.17, 15) is 9.59 Å². The third kappa shape index (κ3) is 4.89. The molecule has 5 nitrogen and oxygen atoms in total. The van der Waals surface area contributed by atoms with E-state index in [0.29, 0.717) is 30.6 Å². The number of ketones is 1. The highest BCUT2D eigenvalue weighted by molar-refractivity contribution is 7.99. The number of benzene rings is 1. The molecule has 174 valence electrons. The number of thioether (sulfide) groups is 1. The highest BCUT2D eigenvalue weighted by Crippen LogP contribution is 2.47. The fraction of sp³-hybridized carbons (Fsp3) is 0.385. The summed E-state index contributed by atoms with van der Waals surface area (Å²) in [5.41, 5.74) is 3.94. The fourth-order valence-electron chi connectivity index (χ4n) is 4.69. The van der Waals surface area contributed by atoms with Crippen molar-refractivity contribution in [3.63, 3.8) is 0 Å². The molecule has 0 spiro atoms. The number of rotatable bonds is 8. The number of thiophene rings is 1. The number of carbonyl (C=O) groups is 2. The number of hydrogen-bond acceptors (Lipinski definition) is 7. The molecule has 0 radical (unpaired) electrons. The molecule has 0 unspecified atom stereocenters. The van der Waals surface area contributed by atoms with Gasteiger partial charge in [0, 0.05) is 39.9 Å². The molecule has 0 amide bonds. The molecule has 1 aromatic carbocycles. The lowest BCUT2D eigenvalue weighted by atomic mass is 9.73. The normalized spacial score (nSPS) is 20.4. The predicted molar refractivity (Wildman–Crippen MR) is 134 cm³/mol. The monoisotopic (exact) mass is 483 g/mol. The van der Waals surface area contributed by atoms with Crippen molar-refractivity contribution in [1.29, 1.82) is 0 Å². The zero-order valence-electron chi connectivity index (χ0n) is 19.2. The van der Waals surface area contributed by atoms with Gasteiger partial charge in [-0.1, -0.05) is 31.2 Å². The Bertz CT molecular complexity index is 1090. The molecule has 0 saturated heterocycles. The molecule has 4 rings (SSSR count). The van der Waals surface area contributed by atoms with Gasteiger partial charge in [0.15, 0.2) is 5.78 Å². The smallest absolute Gasteiger partial charge is 0.336 e. The van der Waals surface area contributed by atoms with Crippen LogP contribution in [-0.4, -0.2) is 37.0 Å². The molecule has 0 saturated carbocycles. The van der Waals surface area contributed by atoms with E-state index >= 15 is 0 Å². The number of dihydropyridines is 1. The third-order valence-electron chi connectivity index (χ3n) is 6.12. The largest absolute Gasteiger partial charge is 0.496 e. The van der Waals surface area contributed by atoms with Crippen LogP contribution in [0.1, 0.15) is 49.0 Å². The van der Waals surface area contributed by atoms with Crippen molar-refractivity contribution in [2.45, 2.75) is 38.5 Å². The number of hydrogen-bond donors (Lipinski definition) is 1. The first kappa shape index (κ1) is 23.6. The molecule has 1 aliphatic heterocycles. The van der Waals surface area contributed by atoms with Crippen molar-refractivity contribution in [3.05, 3.63) is 74.8 Å². The maximum Gasteiger partial charge on any atom is 0.336 e. The maximum atomic E-state index is 13.6. The molecule has 0 fully saturated rings. The Morgan fingerprint density at radius 3 is 2.76 bits per heavy atom. The van der Waals surface area contributed by atoms with Crippen molar-refractivity contribution in [3.8, 4) is 5.75 Å². The van der Waals surface area contributed by atoms with Gasteiger partial charge in [-0.3, -0.25) is 4.79 Å². The predicted octanol–water partition coefficient (Wildman–Crippen LogP) is 5.41. The van der Waals surface area contributed by atoms with Gasteiger partial charge in [-0.25, -0.2) is 4.79 Å². The van der Waals surface area contributed by atoms with Crippen molar-refractivity contribution >= 4 is 34.9 Å². The van der Waals surface area contributed by atoms with Crippen LogP contribution in [0.5, 0.6) is 5.75 Å². The standard InChI is InChI=1S/C26H29NO4S2/c1-4-32-13-11-31-26(29)23-16(2)27-19-14-17(18-8-5-6-9-21(18)30-3)15-20(28)24(19)25(23)22-10-7-12-33-22/h5-10,12,17,25,27H,4,11,13-15H2,1-3H3/t17-,25-/m0/s1. The zero-order valence-corrected chi connectivity index (χ0v) is 20.8. The average Bonchev–Trinajstić information content (AvgIpc) is 3.35. The second-order valence-electron chi connectivity index (χ2n) is 8.11. The van der Waals surface area contributed by atoms with E-state index in [1.54, 1.807) is 30.2 Å². The third-order valence-corrected chi connectivity index (χ3v) is 7.92. The van der Waals surface area contributed by atoms with Crippen LogP contribution in [0.3, 0.4) is 0 Å². The second-order valence-corrected chi connectivity index (χ2v) is 10.5. The summed E-state index contributed by atoms with van der Waals surface area (Å²) in [6.45, 7) is 4.35. The Hall–Kier alpha value is -2.51. The van der Waals surface area contributed by atoms with Crippen LogP contribution in [0.2, 0.25) is 0 Å². The summed E-state index contributed by atoms with van der Waals surface area (Å²) < 4.78 is 11.2. The second kappa shape index (κ2) is 10.6. The minimum atomic E-state index is -0.390. The van der Waals surface area contributed by atoms with E-state index in [0.717, 1.165) is 39.1 Å². The summed E-state index contributed by atoms with van der Waals surface area (Å²) in [5.74, 6) is 1.90. The average molecular weight is 484 g/mol. The number of Topliss-reactive ketones (excluding diaryl/α,β-unsaturated/α-hetero) is 1. The lowest BCUT2D eigenvalue weighted by molar-refractivity contribution is -0.138. The summed E-state index contributed by atoms with van der Waals surface area (Å²) in [6, 6.07) is 11.8. The van der Waals surface area contributed by atoms with Crippen LogP contribution >= 0.6 is 23.1 Å². The van der Waals surface area contributed by atoms with Gasteiger partial charge < -0.3 is 14.8 Å². The number of nitrogens with one attached hydrogen (secondary N) is 1. The molecule has 7 heteroatoms. The van der Waals surface area contributed by atoms with Gasteiger partial charge in [0.25, 0.3) is 0 Å². The Kier molecular flexibility index (Phi) is 7.60. The Labute approximate surface area is 203 Å². The van der Waals surface area contributed by atoms with E-state index in [-0.39, 0.29) is 17.7 Å². The molecule has 2 aromatic rings. The highest BCUT2D eigenvalue weighted by Gasteiger charge is 2.42. The maximum absolute atomic E-state index is 13.6. The molecular formula is C26H29NO4S2. The first-order chi connectivity index (χ1) is 16.0. The summed E-state index contributed by atoms with van der Waals surface area (Å²) in [5, 5.41) is 5.39. The topological polar surface area (TPSA) is 64.6 Å². The van der Waals surface area contributed by atoms with Gasteiger partial charge in [0.05, 0.1) is 18.6 Å². The molecule has 1 N–H and O–H groups in total. The van der Waals surface area contributed by atoms with Crippen molar-refractivity contribution in [2.24, 2.45) is 0 Å². The van der Waals surface area contributed by atoms with Gasteiger partial charge in [0.2, 0.25) is 0 Å². The van der Waals surface area contributed by atoms with Crippen LogP contribution in [0.15, 0.2) is 64.3 Å². The summed E-state index contributed by atoms with van der Waals surface area (Å²) in [4.78, 5) is 27.7. The van der Waals surface area contributed by atoms with Crippen LogP contribution < -0.4 is 10.1 Å². The van der Waals surface area contributed by atoms with E-state index in [4.69, 9.17) is 9.47 Å². The minimum Gasteiger partial charge on any atom is -0.496 e. The van der Waals surface area contributed by atoms with Gasteiger partial charge in [-0.05, 0) is 42.2 Å². The number of allylic oxidation sites excluding steroid dienone is 3. The first-order valence-corrected chi connectivity index (χ1v) is 13.2. The van der Waals surface area contributed by atoms with Crippen LogP contribution in [-0.2, 0) is 14.3 Å². The molecule has 0 bridgehead atoms. The van der Waals surface area contributed by atoms with Gasteiger partial charge in [-0.2, -0.15) is 11.8 Å². The fourth-order valence-corrected chi connectivity index (χ4v) is 6.02. The molecule has 33 heavy (non-hydrogen) atoms. The summed E-state index contributed by atoms with van der Waals surface area (Å²) in [7, 11) is 1.66. The van der Waals surface area contributed by atoms with E-state index in [2.05, 4.69) is 12.2 Å². The van der Waals surface area contributed by atoms with Gasteiger partial charge in [-0.15, -0.1) is 11.3 Å². The van der Waals surface area contributed by atoms with E-state index in [1.165, 1.54) is 0 Å². The SMILES string of the molecule is CCSCCOC(=O)C1=C(C)NC2=C(C(=O)C[C@@H](c3ccccc3OC)C2)[C@H]1c1cccs1. The number of ether oxygens (including phenoxy) is 2. The van der Waals surface area contributed by atoms with E-state index in [1.807, 2.05) is 48.7 Å². The first-order valence-electron chi connectivity index (χ1n) is 11.2. The molecule has 1 aromatic heterocycles. The molecule has 2 aliphatic rings. The number of esters is 1. The zero-order chi connectivity index (χ0) is 23.4. The highest BCUT2D eigenvalue weighted by atomic mass is 32.2. The van der Waals surface area contributed by atoms with Crippen LogP contribution in [0.4, 0.5) is 0 Å². The summed E-state index contributed by atoms with van der Waals surface area (Å²) in [6.07, 6.45) is 1.08.